The molecule has 1 heterocycles. The minimum atomic E-state index is 0.227. The Hall–Kier alpha value is -2.53. The highest BCUT2D eigenvalue weighted by Gasteiger charge is 2.29. The van der Waals surface area contributed by atoms with Crippen LogP contribution in [0.5, 0.6) is 5.75 Å². The molecule has 0 spiro atoms. The van der Waals surface area contributed by atoms with Crippen LogP contribution in [0, 0.1) is 0 Å². The van der Waals surface area contributed by atoms with Gasteiger partial charge >= 0.3 is 0 Å². The van der Waals surface area contributed by atoms with E-state index in [0.29, 0.717) is 6.54 Å². The fourth-order valence-corrected chi connectivity index (χ4v) is 4.71. The maximum absolute atomic E-state index is 13.0. The molecular weight excluding hydrogens is 362 g/mol. The van der Waals surface area contributed by atoms with E-state index in [1.165, 1.54) is 21.7 Å². The fourth-order valence-electron chi connectivity index (χ4n) is 4.71. The molecule has 5 heteroatoms. The molecule has 1 saturated heterocycles. The van der Waals surface area contributed by atoms with Gasteiger partial charge in [0.15, 0.2) is 6.54 Å². The number of nitrogens with one attached hydrogen (secondary N) is 1. The molecule has 0 bridgehead atoms. The molecule has 5 nitrogen and oxygen atoms in total. The van der Waals surface area contributed by atoms with Crippen LogP contribution in [0.15, 0.2) is 48.5 Å². The lowest BCUT2D eigenvalue weighted by Crippen LogP contribution is -3.15. The summed E-state index contributed by atoms with van der Waals surface area (Å²) in [7, 11) is 3.69. The second kappa shape index (κ2) is 8.87. The fraction of sp³-hybridized carbons (Fsp3) is 0.458. The monoisotopic (exact) mass is 394 g/mol. The lowest BCUT2D eigenvalue weighted by Gasteiger charge is -2.36. The number of amides is 1. The third-order valence-corrected chi connectivity index (χ3v) is 6.49. The van der Waals surface area contributed by atoms with Gasteiger partial charge in [-0.3, -0.25) is 4.79 Å². The van der Waals surface area contributed by atoms with Gasteiger partial charge in [0.25, 0.3) is 5.91 Å². The Morgan fingerprint density at radius 2 is 1.97 bits per heavy atom. The van der Waals surface area contributed by atoms with Crippen LogP contribution in [0.3, 0.4) is 0 Å². The normalized spacial score (nSPS) is 19.5. The number of nitrogens with zero attached hydrogens (tertiary/aromatic N) is 2. The Morgan fingerprint density at radius 3 is 2.76 bits per heavy atom. The zero-order chi connectivity index (χ0) is 20.2. The van der Waals surface area contributed by atoms with Crippen molar-refractivity contribution in [3.63, 3.8) is 0 Å². The number of piperazine rings is 1. The number of methoxy groups -OCH3 is 1. The zero-order valence-corrected chi connectivity index (χ0v) is 17.6. The Kier molecular flexibility index (Phi) is 6.05. The molecule has 1 aliphatic heterocycles. The topological polar surface area (TPSA) is 37.2 Å². The SMILES string of the molecule is COc1cccc(N2CC[NH+](CC(=O)N(C)[C@@H]3CCCc4ccccc43)CC2)c1. The van der Waals surface area contributed by atoms with Gasteiger partial charge in [-0.05, 0) is 42.5 Å². The third-order valence-electron chi connectivity index (χ3n) is 6.49. The van der Waals surface area contributed by atoms with E-state index in [-0.39, 0.29) is 11.9 Å². The van der Waals surface area contributed by atoms with Crippen molar-refractivity contribution in [1.82, 2.24) is 4.90 Å². The summed E-state index contributed by atoms with van der Waals surface area (Å²) in [4.78, 5) is 18.8. The third kappa shape index (κ3) is 4.40. The molecule has 1 atom stereocenters. The summed E-state index contributed by atoms with van der Waals surface area (Å²) in [6, 6.07) is 17.1. The number of hydrogen-bond acceptors (Lipinski definition) is 3. The average molecular weight is 395 g/mol. The summed E-state index contributed by atoms with van der Waals surface area (Å²) in [5.74, 6) is 1.15. The highest BCUT2D eigenvalue weighted by molar-refractivity contribution is 5.77. The van der Waals surface area contributed by atoms with Gasteiger partial charge in [0.1, 0.15) is 5.75 Å². The molecule has 29 heavy (non-hydrogen) atoms. The highest BCUT2D eigenvalue weighted by Crippen LogP contribution is 2.33. The molecule has 1 aliphatic carbocycles. The van der Waals surface area contributed by atoms with Crippen LogP contribution in [0.1, 0.15) is 30.0 Å². The van der Waals surface area contributed by atoms with E-state index in [2.05, 4.69) is 41.3 Å². The molecule has 4 rings (SSSR count). The number of likely N-dealkylation sites (N-methyl/N-ethyl adjacent to an activating group) is 1. The first kappa shape index (κ1) is 19.8. The number of quaternary nitrogens is 1. The molecule has 1 amide bonds. The first-order valence-electron chi connectivity index (χ1n) is 10.7. The van der Waals surface area contributed by atoms with Crippen LogP contribution in [0.25, 0.3) is 0 Å². The molecule has 0 aromatic heterocycles. The zero-order valence-electron chi connectivity index (χ0n) is 17.6. The number of fused-ring (bicyclic) bond motifs is 1. The highest BCUT2D eigenvalue weighted by atomic mass is 16.5. The first-order chi connectivity index (χ1) is 14.2. The quantitative estimate of drug-likeness (QED) is 0.842. The van der Waals surface area contributed by atoms with Gasteiger partial charge in [-0.25, -0.2) is 0 Å². The minimum Gasteiger partial charge on any atom is -0.497 e. The standard InChI is InChI=1S/C24H31N3O2/c1-25(23-12-5-8-19-7-3-4-11-22(19)23)24(28)18-26-13-15-27(16-14-26)20-9-6-10-21(17-20)29-2/h3-4,6-7,9-11,17,23H,5,8,12-16,18H2,1-2H3/p+1/t23-/m1/s1. The number of aryl methyl sites for hydroxylation is 1. The smallest absolute Gasteiger partial charge is 0.278 e. The molecule has 0 radical (unpaired) electrons. The van der Waals surface area contributed by atoms with Gasteiger partial charge in [-0.1, -0.05) is 30.3 Å². The summed E-state index contributed by atoms with van der Waals surface area (Å²) in [6.07, 6.45) is 3.36. The number of hydrogen-bond donors (Lipinski definition) is 1. The van der Waals surface area contributed by atoms with Crippen molar-refractivity contribution in [3.8, 4) is 5.75 Å². The van der Waals surface area contributed by atoms with Crippen LogP contribution in [0.2, 0.25) is 0 Å². The molecular formula is C24H32N3O2+. The van der Waals surface area contributed by atoms with Crippen molar-refractivity contribution >= 4 is 11.6 Å². The van der Waals surface area contributed by atoms with E-state index in [4.69, 9.17) is 4.74 Å². The van der Waals surface area contributed by atoms with Gasteiger partial charge in [0.05, 0.1) is 39.3 Å². The predicted octanol–water partition coefficient (Wildman–Crippen LogP) is 1.94. The van der Waals surface area contributed by atoms with Crippen LogP contribution < -0.4 is 14.5 Å². The molecule has 1 N–H and O–H groups in total. The number of rotatable bonds is 5. The summed E-state index contributed by atoms with van der Waals surface area (Å²) in [6.45, 7) is 4.48. The van der Waals surface area contributed by atoms with Crippen molar-refractivity contribution in [1.29, 1.82) is 0 Å². The van der Waals surface area contributed by atoms with E-state index < -0.39 is 0 Å². The Labute approximate surface area is 173 Å². The van der Waals surface area contributed by atoms with Gasteiger partial charge in [-0.15, -0.1) is 0 Å². The maximum Gasteiger partial charge on any atom is 0.278 e. The summed E-state index contributed by atoms with van der Waals surface area (Å²) < 4.78 is 5.35. The minimum absolute atomic E-state index is 0.227. The number of carbonyl (C=O) groups excluding carboxylic acids is 1. The number of anilines is 1. The van der Waals surface area contributed by atoms with E-state index in [0.717, 1.165) is 51.2 Å². The lowest BCUT2D eigenvalue weighted by atomic mass is 9.87. The number of benzene rings is 2. The van der Waals surface area contributed by atoms with E-state index in [1.807, 2.05) is 24.1 Å². The Morgan fingerprint density at radius 1 is 1.17 bits per heavy atom. The molecule has 1 fully saturated rings. The van der Waals surface area contributed by atoms with Crippen molar-refractivity contribution in [2.24, 2.45) is 0 Å². The van der Waals surface area contributed by atoms with Crippen LogP contribution in [-0.4, -0.2) is 57.7 Å². The molecule has 2 aliphatic rings. The molecule has 2 aromatic carbocycles. The van der Waals surface area contributed by atoms with Gasteiger partial charge in [0.2, 0.25) is 0 Å². The first-order valence-corrected chi connectivity index (χ1v) is 10.7. The van der Waals surface area contributed by atoms with Crippen LogP contribution in [0.4, 0.5) is 5.69 Å². The Bertz CT molecular complexity index is 846. The lowest BCUT2D eigenvalue weighted by molar-refractivity contribution is -0.892. The second-order valence-corrected chi connectivity index (χ2v) is 8.23. The molecule has 0 unspecified atom stereocenters. The Balaban J connectivity index is 1.33. The van der Waals surface area contributed by atoms with E-state index >= 15 is 0 Å². The van der Waals surface area contributed by atoms with Crippen LogP contribution in [-0.2, 0) is 11.2 Å². The van der Waals surface area contributed by atoms with E-state index in [1.54, 1.807) is 7.11 Å². The summed E-state index contributed by atoms with van der Waals surface area (Å²) in [5.41, 5.74) is 3.95. The maximum atomic E-state index is 13.0. The van der Waals surface area contributed by atoms with Gasteiger partial charge < -0.3 is 19.4 Å². The molecule has 2 aromatic rings. The van der Waals surface area contributed by atoms with Crippen LogP contribution >= 0.6 is 0 Å². The number of carbonyl (C=O) groups is 1. The van der Waals surface area contributed by atoms with Crippen molar-refractivity contribution in [2.45, 2.75) is 25.3 Å². The van der Waals surface area contributed by atoms with Crippen molar-refractivity contribution in [2.75, 3.05) is 51.8 Å². The molecule has 0 saturated carbocycles. The second-order valence-electron chi connectivity index (χ2n) is 8.23. The predicted molar refractivity (Wildman–Crippen MR) is 116 cm³/mol. The summed E-state index contributed by atoms with van der Waals surface area (Å²) >= 11 is 0. The summed E-state index contributed by atoms with van der Waals surface area (Å²) in [5, 5.41) is 0. The van der Waals surface area contributed by atoms with E-state index in [9.17, 15) is 4.79 Å². The van der Waals surface area contributed by atoms with Gasteiger partial charge in [0, 0.05) is 18.8 Å². The van der Waals surface area contributed by atoms with Gasteiger partial charge in [-0.2, -0.15) is 0 Å². The average Bonchev–Trinajstić information content (AvgIpc) is 2.78. The molecule has 154 valence electrons. The van der Waals surface area contributed by atoms with Crippen molar-refractivity contribution < 1.29 is 14.4 Å². The number of ether oxygens (including phenoxy) is 1. The van der Waals surface area contributed by atoms with Crippen molar-refractivity contribution in [3.05, 3.63) is 59.7 Å². The largest absolute Gasteiger partial charge is 0.497 e.